The van der Waals surface area contributed by atoms with Gasteiger partial charge in [0, 0.05) is 11.8 Å². The number of ether oxygens (including phenoxy) is 1. The molecule has 24 heavy (non-hydrogen) atoms. The first-order chi connectivity index (χ1) is 10.9. The molecule has 0 aromatic rings. The lowest BCUT2D eigenvalue weighted by atomic mass is 9.67. The van der Waals surface area contributed by atoms with Crippen molar-refractivity contribution in [1.29, 1.82) is 0 Å². The van der Waals surface area contributed by atoms with Gasteiger partial charge < -0.3 is 14.3 Å². The van der Waals surface area contributed by atoms with E-state index in [2.05, 4.69) is 60.9 Å². The molecule has 136 valence electrons. The normalized spacial score (nSPS) is 36.8. The van der Waals surface area contributed by atoms with E-state index >= 15 is 0 Å². The van der Waals surface area contributed by atoms with Crippen molar-refractivity contribution >= 4 is 8.32 Å². The third-order valence-corrected chi connectivity index (χ3v) is 11.1. The van der Waals surface area contributed by atoms with Crippen LogP contribution in [0.3, 0.4) is 0 Å². The van der Waals surface area contributed by atoms with Crippen molar-refractivity contribution in [2.75, 3.05) is 0 Å². The first-order valence-corrected chi connectivity index (χ1v) is 11.8. The third kappa shape index (κ3) is 2.50. The minimum atomic E-state index is -1.98. The van der Waals surface area contributed by atoms with Crippen LogP contribution in [0.2, 0.25) is 18.1 Å². The van der Waals surface area contributed by atoms with E-state index < -0.39 is 20.2 Å². The predicted octanol–water partition coefficient (Wildman–Crippen LogP) is 4.95. The highest BCUT2D eigenvalue weighted by Gasteiger charge is 2.67. The van der Waals surface area contributed by atoms with Gasteiger partial charge >= 0.3 is 0 Å². The first-order valence-electron chi connectivity index (χ1n) is 8.84. The van der Waals surface area contributed by atoms with E-state index in [4.69, 9.17) is 9.16 Å². The van der Waals surface area contributed by atoms with Crippen molar-refractivity contribution in [1.82, 2.24) is 0 Å². The molecule has 3 nitrogen and oxygen atoms in total. The number of hydrogen-bond acceptors (Lipinski definition) is 3. The van der Waals surface area contributed by atoms with E-state index in [9.17, 15) is 5.11 Å². The molecule has 0 bridgehead atoms. The Bertz CT molecular complexity index is 572. The molecule has 1 aliphatic heterocycles. The fraction of sp³-hybridized carbons (Fsp3) is 0.700. The third-order valence-electron chi connectivity index (χ3n) is 6.66. The Hall–Kier alpha value is -0.683. The minimum Gasteiger partial charge on any atom is -0.410 e. The van der Waals surface area contributed by atoms with Crippen LogP contribution in [0, 0.1) is 5.41 Å². The van der Waals surface area contributed by atoms with Gasteiger partial charge in [0.05, 0.1) is 6.10 Å². The fourth-order valence-electron chi connectivity index (χ4n) is 4.18. The Kier molecular flexibility index (Phi) is 4.86. The van der Waals surface area contributed by atoms with Crippen LogP contribution in [0.15, 0.2) is 36.5 Å². The Labute approximate surface area is 148 Å². The van der Waals surface area contributed by atoms with E-state index in [0.717, 1.165) is 12.0 Å². The van der Waals surface area contributed by atoms with E-state index in [0.29, 0.717) is 6.42 Å². The zero-order valence-electron chi connectivity index (χ0n) is 16.4. The van der Waals surface area contributed by atoms with E-state index in [-0.39, 0.29) is 16.6 Å². The van der Waals surface area contributed by atoms with E-state index in [1.807, 2.05) is 12.2 Å². The molecule has 1 fully saturated rings. The van der Waals surface area contributed by atoms with Gasteiger partial charge in [-0.05, 0) is 49.5 Å². The second kappa shape index (κ2) is 5.94. The van der Waals surface area contributed by atoms with Gasteiger partial charge in [0.1, 0.15) is 5.60 Å². The largest absolute Gasteiger partial charge is 0.410 e. The molecule has 1 saturated heterocycles. The first kappa shape index (κ1) is 19.6. The molecule has 4 atom stereocenters. The van der Waals surface area contributed by atoms with Gasteiger partial charge in [-0.25, -0.2) is 0 Å². The van der Waals surface area contributed by atoms with Gasteiger partial charge in [-0.2, -0.15) is 0 Å². The molecular formula is C20H34O3Si. The van der Waals surface area contributed by atoms with Gasteiger partial charge in [-0.3, -0.25) is 0 Å². The summed E-state index contributed by atoms with van der Waals surface area (Å²) >= 11 is 0. The Morgan fingerprint density at radius 3 is 2.38 bits per heavy atom. The number of rotatable bonds is 5. The van der Waals surface area contributed by atoms with Gasteiger partial charge in [-0.15, -0.1) is 6.58 Å². The maximum absolute atomic E-state index is 10.3. The lowest BCUT2D eigenvalue weighted by Crippen LogP contribution is -2.52. The van der Waals surface area contributed by atoms with Crippen molar-refractivity contribution < 1.29 is 14.3 Å². The molecule has 2 rings (SSSR count). The highest BCUT2D eigenvalue weighted by atomic mass is 28.4. The highest BCUT2D eigenvalue weighted by molar-refractivity contribution is 6.74. The Morgan fingerprint density at radius 2 is 1.92 bits per heavy atom. The van der Waals surface area contributed by atoms with Crippen molar-refractivity contribution in [3.05, 3.63) is 36.5 Å². The van der Waals surface area contributed by atoms with Crippen LogP contribution in [0.4, 0.5) is 0 Å². The van der Waals surface area contributed by atoms with Gasteiger partial charge in [0.2, 0.25) is 0 Å². The summed E-state index contributed by atoms with van der Waals surface area (Å²) in [5.41, 5.74) is 1.31. The van der Waals surface area contributed by atoms with Crippen molar-refractivity contribution in [2.24, 2.45) is 5.41 Å². The van der Waals surface area contributed by atoms with Crippen molar-refractivity contribution in [3.63, 3.8) is 0 Å². The van der Waals surface area contributed by atoms with Crippen LogP contribution in [-0.2, 0) is 9.16 Å². The molecule has 0 unspecified atom stereocenters. The Balaban J connectivity index is 2.58. The summed E-state index contributed by atoms with van der Waals surface area (Å²) in [6.45, 7) is 23.5. The van der Waals surface area contributed by atoms with E-state index in [1.165, 1.54) is 5.57 Å². The van der Waals surface area contributed by atoms with Gasteiger partial charge in [0.15, 0.2) is 14.6 Å². The lowest BCUT2D eigenvalue weighted by Gasteiger charge is -2.46. The van der Waals surface area contributed by atoms with Crippen LogP contribution < -0.4 is 0 Å². The van der Waals surface area contributed by atoms with Gasteiger partial charge in [-0.1, -0.05) is 39.5 Å². The minimum absolute atomic E-state index is 0.0773. The fourth-order valence-corrected chi connectivity index (χ4v) is 5.53. The molecule has 1 aliphatic carbocycles. The zero-order chi connectivity index (χ0) is 18.6. The quantitative estimate of drug-likeness (QED) is 0.563. The maximum atomic E-state index is 10.3. The molecule has 1 heterocycles. The summed E-state index contributed by atoms with van der Waals surface area (Å²) in [5, 5.41) is 10.5. The molecule has 0 saturated carbocycles. The molecular weight excluding hydrogens is 316 g/mol. The molecule has 0 amide bonds. The summed E-state index contributed by atoms with van der Waals surface area (Å²) in [6, 6.07) is 0. The zero-order valence-corrected chi connectivity index (χ0v) is 17.4. The summed E-state index contributed by atoms with van der Waals surface area (Å²) in [6.07, 6.45) is 4.18. The number of aliphatic hydroxyl groups is 1. The van der Waals surface area contributed by atoms with Crippen LogP contribution in [0.25, 0.3) is 0 Å². The standard InChI is InChI=1S/C20H34O3Si/c1-10-12-19-13-16(21)22-20(19,11-2)15(4)14(3)17(19)23-24(8,9)18(5,6)7/h10-11,16-17,21H,1-2,12-13H2,3-9H3/t16-,17-,19-,20+/m1/s1. The lowest BCUT2D eigenvalue weighted by molar-refractivity contribution is -0.116. The summed E-state index contributed by atoms with van der Waals surface area (Å²) in [4.78, 5) is 0. The SMILES string of the molecule is C=CC[C@]12C[C@H](O)O[C@@]1(C=C)C(C)=C(C)[C@H]2O[Si](C)(C)C(C)(C)C. The van der Waals surface area contributed by atoms with Crippen LogP contribution >= 0.6 is 0 Å². The molecule has 4 heteroatoms. The summed E-state index contributed by atoms with van der Waals surface area (Å²) in [5.74, 6) is 0. The van der Waals surface area contributed by atoms with Crippen molar-refractivity contribution in [3.8, 4) is 0 Å². The molecule has 1 N–H and O–H groups in total. The summed E-state index contributed by atoms with van der Waals surface area (Å²) in [7, 11) is -1.98. The van der Waals surface area contributed by atoms with Crippen LogP contribution in [-0.4, -0.2) is 31.4 Å². The predicted molar refractivity (Wildman–Crippen MR) is 102 cm³/mol. The molecule has 0 spiro atoms. The number of allylic oxidation sites excluding steroid dienone is 1. The second-order valence-electron chi connectivity index (χ2n) is 8.93. The highest BCUT2D eigenvalue weighted by Crippen LogP contribution is 2.63. The Morgan fingerprint density at radius 1 is 1.33 bits per heavy atom. The van der Waals surface area contributed by atoms with Crippen molar-refractivity contribution in [2.45, 2.75) is 83.6 Å². The monoisotopic (exact) mass is 350 g/mol. The van der Waals surface area contributed by atoms with Gasteiger partial charge in [0.25, 0.3) is 0 Å². The smallest absolute Gasteiger partial charge is 0.192 e. The number of aliphatic hydroxyl groups excluding tert-OH is 1. The molecule has 0 aromatic carbocycles. The van der Waals surface area contributed by atoms with Crippen LogP contribution in [0.5, 0.6) is 0 Å². The molecule has 0 aromatic heterocycles. The topological polar surface area (TPSA) is 38.7 Å². The van der Waals surface area contributed by atoms with Crippen LogP contribution in [0.1, 0.15) is 47.5 Å². The second-order valence-corrected chi connectivity index (χ2v) is 13.7. The number of fused-ring (bicyclic) bond motifs is 1. The number of hydrogen-bond donors (Lipinski definition) is 1. The molecule has 2 aliphatic rings. The molecule has 0 radical (unpaired) electrons. The average Bonchev–Trinajstić information content (AvgIpc) is 2.82. The average molecular weight is 351 g/mol. The van der Waals surface area contributed by atoms with E-state index in [1.54, 1.807) is 0 Å². The summed E-state index contributed by atoms with van der Waals surface area (Å²) < 4.78 is 12.9. The maximum Gasteiger partial charge on any atom is 0.192 e.